The molecular weight excluding hydrogens is 192 g/mol. The van der Waals surface area contributed by atoms with E-state index in [9.17, 15) is 9.90 Å². The van der Waals surface area contributed by atoms with Crippen molar-refractivity contribution in [2.75, 3.05) is 0 Å². The van der Waals surface area contributed by atoms with E-state index in [2.05, 4.69) is 20.8 Å². The standard InChI is InChI=1S/C12H22O3/c1-11(2,3)5-4-6-12(15)7-9(8-12)10(13)14/h9,15H,4-8H2,1-3H3,(H,13,14). The molecule has 1 fully saturated rings. The minimum absolute atomic E-state index is 0.298. The van der Waals surface area contributed by atoms with Crippen LogP contribution in [0.15, 0.2) is 0 Å². The van der Waals surface area contributed by atoms with E-state index in [1.807, 2.05) is 0 Å². The van der Waals surface area contributed by atoms with E-state index >= 15 is 0 Å². The van der Waals surface area contributed by atoms with Gasteiger partial charge in [0.2, 0.25) is 0 Å². The van der Waals surface area contributed by atoms with Crippen LogP contribution in [0.2, 0.25) is 0 Å². The van der Waals surface area contributed by atoms with Crippen molar-refractivity contribution in [2.24, 2.45) is 11.3 Å². The van der Waals surface area contributed by atoms with Crippen LogP contribution in [0.1, 0.15) is 52.9 Å². The molecule has 1 rings (SSSR count). The number of carboxylic acids is 1. The van der Waals surface area contributed by atoms with Crippen molar-refractivity contribution in [3.8, 4) is 0 Å². The molecule has 0 aromatic carbocycles. The molecule has 3 nitrogen and oxygen atoms in total. The van der Waals surface area contributed by atoms with Gasteiger partial charge in [0.15, 0.2) is 0 Å². The molecule has 0 atom stereocenters. The Labute approximate surface area is 91.5 Å². The Balaban J connectivity index is 2.21. The van der Waals surface area contributed by atoms with Crippen LogP contribution in [0, 0.1) is 11.3 Å². The second-order valence-corrected chi connectivity index (χ2v) is 6.08. The van der Waals surface area contributed by atoms with Gasteiger partial charge in [0.05, 0.1) is 11.5 Å². The fourth-order valence-electron chi connectivity index (χ4n) is 2.18. The first-order valence-electron chi connectivity index (χ1n) is 5.67. The summed E-state index contributed by atoms with van der Waals surface area (Å²) in [6, 6.07) is 0. The summed E-state index contributed by atoms with van der Waals surface area (Å²) in [6.07, 6.45) is 3.67. The molecule has 0 amide bonds. The normalized spacial score (nSPS) is 31.1. The van der Waals surface area contributed by atoms with Gasteiger partial charge in [0, 0.05) is 0 Å². The van der Waals surface area contributed by atoms with Gasteiger partial charge in [-0.05, 0) is 31.1 Å². The Bertz CT molecular complexity index is 234. The number of carbonyl (C=O) groups is 1. The predicted molar refractivity (Wildman–Crippen MR) is 58.6 cm³/mol. The number of hydrogen-bond donors (Lipinski definition) is 2. The zero-order valence-corrected chi connectivity index (χ0v) is 9.92. The Morgan fingerprint density at radius 3 is 2.33 bits per heavy atom. The fraction of sp³-hybridized carbons (Fsp3) is 0.917. The van der Waals surface area contributed by atoms with E-state index < -0.39 is 11.6 Å². The number of carboxylic acid groups (broad SMARTS) is 1. The first-order chi connectivity index (χ1) is 6.72. The molecule has 0 aliphatic heterocycles. The molecule has 0 aromatic rings. The molecule has 88 valence electrons. The summed E-state index contributed by atoms with van der Waals surface area (Å²) in [5, 5.41) is 18.7. The zero-order valence-electron chi connectivity index (χ0n) is 9.92. The van der Waals surface area contributed by atoms with Gasteiger partial charge in [-0.1, -0.05) is 27.2 Å². The van der Waals surface area contributed by atoms with Crippen LogP contribution in [-0.2, 0) is 4.79 Å². The lowest BCUT2D eigenvalue weighted by Gasteiger charge is -2.42. The summed E-state index contributed by atoms with van der Waals surface area (Å²) in [6.45, 7) is 6.54. The van der Waals surface area contributed by atoms with Gasteiger partial charge >= 0.3 is 5.97 Å². The summed E-state index contributed by atoms with van der Waals surface area (Å²) in [7, 11) is 0. The maximum atomic E-state index is 10.6. The lowest BCUT2D eigenvalue weighted by atomic mass is 9.68. The lowest BCUT2D eigenvalue weighted by molar-refractivity contribution is -0.159. The van der Waals surface area contributed by atoms with Crippen molar-refractivity contribution in [3.63, 3.8) is 0 Å². The van der Waals surface area contributed by atoms with Crippen LogP contribution in [0.25, 0.3) is 0 Å². The predicted octanol–water partition coefficient (Wildman–Crippen LogP) is 2.43. The van der Waals surface area contributed by atoms with E-state index in [1.165, 1.54) is 0 Å². The van der Waals surface area contributed by atoms with Crippen molar-refractivity contribution >= 4 is 5.97 Å². The largest absolute Gasteiger partial charge is 0.481 e. The minimum atomic E-state index is -0.768. The molecule has 0 saturated heterocycles. The number of rotatable bonds is 4. The van der Waals surface area contributed by atoms with Crippen LogP contribution in [0.4, 0.5) is 0 Å². The van der Waals surface area contributed by atoms with Crippen LogP contribution in [0.5, 0.6) is 0 Å². The molecule has 15 heavy (non-hydrogen) atoms. The molecule has 0 spiro atoms. The summed E-state index contributed by atoms with van der Waals surface area (Å²) in [5.74, 6) is -1.08. The van der Waals surface area contributed by atoms with Crippen LogP contribution >= 0.6 is 0 Å². The van der Waals surface area contributed by atoms with Gasteiger partial charge in [-0.2, -0.15) is 0 Å². The molecule has 1 saturated carbocycles. The monoisotopic (exact) mass is 214 g/mol. The van der Waals surface area contributed by atoms with Gasteiger partial charge in [0.1, 0.15) is 0 Å². The van der Waals surface area contributed by atoms with E-state index in [4.69, 9.17) is 5.11 Å². The first-order valence-corrected chi connectivity index (χ1v) is 5.67. The molecule has 0 unspecified atom stereocenters. The summed E-state index contributed by atoms with van der Waals surface area (Å²) >= 11 is 0. The van der Waals surface area contributed by atoms with Crippen molar-refractivity contribution < 1.29 is 15.0 Å². The Morgan fingerprint density at radius 2 is 1.93 bits per heavy atom. The number of aliphatic hydroxyl groups is 1. The van der Waals surface area contributed by atoms with Gasteiger partial charge in [-0.3, -0.25) is 4.79 Å². The summed E-state index contributed by atoms with van der Waals surface area (Å²) in [5.41, 5.74) is -0.388. The van der Waals surface area contributed by atoms with Gasteiger partial charge in [-0.15, -0.1) is 0 Å². The third-order valence-electron chi connectivity index (χ3n) is 3.17. The van der Waals surface area contributed by atoms with Crippen molar-refractivity contribution in [2.45, 2.75) is 58.5 Å². The zero-order chi connectivity index (χ0) is 11.7. The summed E-state index contributed by atoms with van der Waals surface area (Å²) in [4.78, 5) is 10.6. The first kappa shape index (κ1) is 12.5. The van der Waals surface area contributed by atoms with Crippen molar-refractivity contribution in [3.05, 3.63) is 0 Å². The molecule has 1 aliphatic rings. The Kier molecular flexibility index (Phi) is 3.44. The number of aliphatic carboxylic acids is 1. The second kappa shape index (κ2) is 4.12. The molecular formula is C12H22O3. The van der Waals surface area contributed by atoms with Crippen molar-refractivity contribution in [1.82, 2.24) is 0 Å². The maximum absolute atomic E-state index is 10.6. The quantitative estimate of drug-likeness (QED) is 0.755. The lowest BCUT2D eigenvalue weighted by Crippen LogP contribution is -2.46. The molecule has 0 radical (unpaired) electrons. The van der Waals surface area contributed by atoms with E-state index in [0.29, 0.717) is 18.3 Å². The highest BCUT2D eigenvalue weighted by Crippen LogP contribution is 2.42. The van der Waals surface area contributed by atoms with Gasteiger partial charge in [0.25, 0.3) is 0 Å². The molecule has 1 aliphatic carbocycles. The van der Waals surface area contributed by atoms with E-state index in [-0.39, 0.29) is 5.92 Å². The van der Waals surface area contributed by atoms with Crippen LogP contribution in [-0.4, -0.2) is 21.8 Å². The third-order valence-corrected chi connectivity index (χ3v) is 3.17. The summed E-state index contributed by atoms with van der Waals surface area (Å²) < 4.78 is 0. The third kappa shape index (κ3) is 3.82. The van der Waals surface area contributed by atoms with Crippen molar-refractivity contribution in [1.29, 1.82) is 0 Å². The molecule has 0 aromatic heterocycles. The fourth-order valence-corrected chi connectivity index (χ4v) is 2.18. The van der Waals surface area contributed by atoms with Gasteiger partial charge in [-0.25, -0.2) is 0 Å². The highest BCUT2D eigenvalue weighted by molar-refractivity contribution is 5.71. The Morgan fingerprint density at radius 1 is 1.40 bits per heavy atom. The highest BCUT2D eigenvalue weighted by atomic mass is 16.4. The Hall–Kier alpha value is -0.570. The topological polar surface area (TPSA) is 57.5 Å². The molecule has 3 heteroatoms. The second-order valence-electron chi connectivity index (χ2n) is 6.08. The van der Waals surface area contributed by atoms with Crippen LogP contribution < -0.4 is 0 Å². The van der Waals surface area contributed by atoms with Gasteiger partial charge < -0.3 is 10.2 Å². The molecule has 0 heterocycles. The highest BCUT2D eigenvalue weighted by Gasteiger charge is 2.45. The average molecular weight is 214 g/mol. The van der Waals surface area contributed by atoms with E-state index in [1.54, 1.807) is 0 Å². The SMILES string of the molecule is CC(C)(C)CCCC1(O)CC(C(=O)O)C1. The number of hydrogen-bond acceptors (Lipinski definition) is 2. The average Bonchev–Trinajstić information content (AvgIpc) is 1.96. The minimum Gasteiger partial charge on any atom is -0.481 e. The molecule has 2 N–H and O–H groups in total. The van der Waals surface area contributed by atoms with E-state index in [0.717, 1.165) is 19.3 Å². The van der Waals surface area contributed by atoms with Crippen LogP contribution in [0.3, 0.4) is 0 Å². The maximum Gasteiger partial charge on any atom is 0.306 e. The molecule has 0 bridgehead atoms. The smallest absolute Gasteiger partial charge is 0.306 e.